The lowest BCUT2D eigenvalue weighted by Crippen LogP contribution is -1.99. The first kappa shape index (κ1) is 11.5. The Kier molecular flexibility index (Phi) is 3.17. The Morgan fingerprint density at radius 3 is 2.83 bits per heavy atom. The summed E-state index contributed by atoms with van der Waals surface area (Å²) in [6.45, 7) is 1.32. The monoisotopic (exact) mass is 263 g/mol. The van der Waals surface area contributed by atoms with E-state index in [1.165, 1.54) is 11.3 Å². The molecule has 3 rings (SSSR count). The van der Waals surface area contributed by atoms with Gasteiger partial charge in [0.15, 0.2) is 11.5 Å². The van der Waals surface area contributed by atoms with Crippen molar-refractivity contribution in [2.75, 3.05) is 13.2 Å². The quantitative estimate of drug-likeness (QED) is 0.904. The molecule has 1 atom stereocenters. The number of nitrogens with zero attached hydrogens (tertiary/aromatic N) is 1. The molecule has 1 aromatic heterocycles. The number of fused-ring (bicyclic) bond motifs is 1. The second-order valence-electron chi connectivity index (χ2n) is 4.06. The van der Waals surface area contributed by atoms with Gasteiger partial charge in [-0.1, -0.05) is 6.07 Å². The minimum atomic E-state index is -0.658. The van der Waals surface area contributed by atoms with E-state index in [1.807, 2.05) is 18.2 Å². The van der Waals surface area contributed by atoms with Gasteiger partial charge in [-0.3, -0.25) is 4.98 Å². The molecular formula is C13H13NO3S. The van der Waals surface area contributed by atoms with Crippen molar-refractivity contribution >= 4 is 11.3 Å². The van der Waals surface area contributed by atoms with Crippen LogP contribution in [0.1, 0.15) is 23.0 Å². The topological polar surface area (TPSA) is 51.6 Å². The van der Waals surface area contributed by atoms with Crippen molar-refractivity contribution in [1.29, 1.82) is 0 Å². The van der Waals surface area contributed by atoms with Crippen molar-refractivity contribution in [3.63, 3.8) is 0 Å². The van der Waals surface area contributed by atoms with Crippen molar-refractivity contribution in [1.82, 2.24) is 4.98 Å². The summed E-state index contributed by atoms with van der Waals surface area (Å²) in [6.07, 6.45) is 1.90. The van der Waals surface area contributed by atoms with E-state index in [4.69, 9.17) is 9.47 Å². The van der Waals surface area contributed by atoms with Gasteiger partial charge in [-0.2, -0.15) is 0 Å². The Labute approximate surface area is 109 Å². The number of aliphatic hydroxyl groups is 1. The Morgan fingerprint density at radius 2 is 2.06 bits per heavy atom. The Bertz CT molecular complexity index is 527. The fourth-order valence-electron chi connectivity index (χ4n) is 1.87. The van der Waals surface area contributed by atoms with E-state index >= 15 is 0 Å². The van der Waals surface area contributed by atoms with Crippen molar-refractivity contribution < 1.29 is 14.6 Å². The first-order valence-corrected chi connectivity index (χ1v) is 6.68. The van der Waals surface area contributed by atoms with Gasteiger partial charge in [0.1, 0.15) is 6.10 Å². The molecule has 0 spiro atoms. The Hall–Kier alpha value is -1.59. The van der Waals surface area contributed by atoms with Crippen LogP contribution in [-0.4, -0.2) is 23.3 Å². The molecule has 2 aromatic rings. The molecule has 4 nitrogen and oxygen atoms in total. The number of hydrogen-bond acceptors (Lipinski definition) is 5. The number of benzene rings is 1. The third-order valence-electron chi connectivity index (χ3n) is 2.81. The van der Waals surface area contributed by atoms with Crippen LogP contribution in [0, 0.1) is 0 Å². The maximum atomic E-state index is 10.2. The Balaban J connectivity index is 1.92. The van der Waals surface area contributed by atoms with Crippen molar-refractivity contribution in [3.8, 4) is 11.5 Å². The maximum Gasteiger partial charge on any atom is 0.161 e. The fourth-order valence-corrected chi connectivity index (χ4v) is 2.51. The van der Waals surface area contributed by atoms with Gasteiger partial charge in [0.05, 0.1) is 23.6 Å². The highest BCUT2D eigenvalue weighted by Gasteiger charge is 2.16. The molecule has 18 heavy (non-hydrogen) atoms. The van der Waals surface area contributed by atoms with Crippen LogP contribution in [-0.2, 0) is 0 Å². The molecule has 1 N–H and O–H groups in total. The minimum Gasteiger partial charge on any atom is -0.490 e. The summed E-state index contributed by atoms with van der Waals surface area (Å²) < 4.78 is 11.2. The number of aliphatic hydroxyl groups excluding tert-OH is 1. The van der Waals surface area contributed by atoms with Gasteiger partial charge < -0.3 is 14.6 Å². The van der Waals surface area contributed by atoms with Crippen LogP contribution in [0.4, 0.5) is 0 Å². The van der Waals surface area contributed by atoms with Gasteiger partial charge >= 0.3 is 0 Å². The van der Waals surface area contributed by atoms with E-state index in [9.17, 15) is 5.11 Å². The summed E-state index contributed by atoms with van der Waals surface area (Å²) in [4.78, 5) is 4.80. The zero-order valence-corrected chi connectivity index (χ0v) is 10.5. The molecule has 5 heteroatoms. The van der Waals surface area contributed by atoms with E-state index < -0.39 is 6.10 Å². The second kappa shape index (κ2) is 4.96. The van der Waals surface area contributed by atoms with E-state index in [0.717, 1.165) is 22.6 Å². The lowest BCUT2D eigenvalue weighted by atomic mass is 10.1. The fraction of sp³-hybridized carbons (Fsp3) is 0.308. The Morgan fingerprint density at radius 1 is 1.22 bits per heavy atom. The van der Waals surface area contributed by atoms with Crippen LogP contribution in [0.15, 0.2) is 29.9 Å². The average molecular weight is 263 g/mol. The molecule has 1 aliphatic heterocycles. The van der Waals surface area contributed by atoms with Crippen LogP contribution in [0.2, 0.25) is 0 Å². The van der Waals surface area contributed by atoms with Crippen LogP contribution in [0.3, 0.4) is 0 Å². The van der Waals surface area contributed by atoms with Crippen LogP contribution < -0.4 is 9.47 Å². The summed E-state index contributed by atoms with van der Waals surface area (Å²) in [5.41, 5.74) is 2.50. The normalized spacial score (nSPS) is 16.1. The smallest absolute Gasteiger partial charge is 0.161 e. The predicted octanol–water partition coefficient (Wildman–Crippen LogP) is 2.39. The van der Waals surface area contributed by atoms with Gasteiger partial charge in [-0.05, 0) is 17.7 Å². The minimum absolute atomic E-state index is 0.646. The summed E-state index contributed by atoms with van der Waals surface area (Å²) in [5, 5.41) is 10.2. The summed E-state index contributed by atoms with van der Waals surface area (Å²) in [6, 6.07) is 5.54. The molecule has 1 aliphatic rings. The first-order chi connectivity index (χ1) is 8.84. The second-order valence-corrected chi connectivity index (χ2v) is 4.98. The van der Waals surface area contributed by atoms with Gasteiger partial charge in [0.25, 0.3) is 0 Å². The number of rotatable bonds is 2. The zero-order chi connectivity index (χ0) is 12.4. The molecule has 94 valence electrons. The number of ether oxygens (including phenoxy) is 2. The average Bonchev–Trinajstić information content (AvgIpc) is 2.83. The highest BCUT2D eigenvalue weighted by molar-refractivity contribution is 7.09. The van der Waals surface area contributed by atoms with Crippen LogP contribution in [0.25, 0.3) is 0 Å². The van der Waals surface area contributed by atoms with Crippen LogP contribution >= 0.6 is 11.3 Å². The van der Waals surface area contributed by atoms with E-state index in [0.29, 0.717) is 19.0 Å². The molecule has 1 unspecified atom stereocenters. The van der Waals surface area contributed by atoms with Crippen molar-refractivity contribution in [2.24, 2.45) is 0 Å². The molecule has 0 amide bonds. The molecule has 2 heterocycles. The third-order valence-corrected chi connectivity index (χ3v) is 3.64. The number of hydrogen-bond donors (Lipinski definition) is 1. The molecule has 0 saturated carbocycles. The number of thiazole rings is 1. The molecule has 0 bridgehead atoms. The first-order valence-electron chi connectivity index (χ1n) is 5.80. The SMILES string of the molecule is OC(c1ccc2c(c1)OCCCO2)c1cncs1. The summed E-state index contributed by atoms with van der Waals surface area (Å²) >= 11 is 1.43. The molecule has 0 saturated heterocycles. The lowest BCUT2D eigenvalue weighted by Gasteiger charge is -2.12. The van der Waals surface area contributed by atoms with Gasteiger partial charge in [-0.25, -0.2) is 0 Å². The van der Waals surface area contributed by atoms with Gasteiger partial charge in [0.2, 0.25) is 0 Å². The van der Waals surface area contributed by atoms with E-state index in [1.54, 1.807) is 11.7 Å². The summed E-state index contributed by atoms with van der Waals surface area (Å²) in [7, 11) is 0. The number of aromatic nitrogens is 1. The third kappa shape index (κ3) is 2.19. The van der Waals surface area contributed by atoms with Crippen LogP contribution in [0.5, 0.6) is 11.5 Å². The standard InChI is InChI=1S/C13H13NO3S/c15-13(12-7-14-8-18-12)9-2-3-10-11(6-9)17-5-1-4-16-10/h2-3,6-8,13,15H,1,4-5H2. The maximum absolute atomic E-state index is 10.2. The largest absolute Gasteiger partial charge is 0.490 e. The predicted molar refractivity (Wildman–Crippen MR) is 68.2 cm³/mol. The molecule has 0 aliphatic carbocycles. The molecule has 1 aromatic carbocycles. The summed E-state index contributed by atoms with van der Waals surface area (Å²) in [5.74, 6) is 1.45. The van der Waals surface area contributed by atoms with Gasteiger partial charge in [0, 0.05) is 12.6 Å². The molecular weight excluding hydrogens is 250 g/mol. The molecule has 0 fully saturated rings. The van der Waals surface area contributed by atoms with Gasteiger partial charge in [-0.15, -0.1) is 11.3 Å². The highest BCUT2D eigenvalue weighted by Crippen LogP contribution is 2.34. The van der Waals surface area contributed by atoms with E-state index in [2.05, 4.69) is 4.98 Å². The van der Waals surface area contributed by atoms with Crippen molar-refractivity contribution in [3.05, 3.63) is 40.3 Å². The highest BCUT2D eigenvalue weighted by atomic mass is 32.1. The molecule has 0 radical (unpaired) electrons. The van der Waals surface area contributed by atoms with Crippen molar-refractivity contribution in [2.45, 2.75) is 12.5 Å². The van der Waals surface area contributed by atoms with E-state index in [-0.39, 0.29) is 0 Å². The lowest BCUT2D eigenvalue weighted by molar-refractivity contribution is 0.223. The zero-order valence-electron chi connectivity index (χ0n) is 9.70.